The van der Waals surface area contributed by atoms with Gasteiger partial charge < -0.3 is 5.11 Å². The maximum Gasteiger partial charge on any atom is 0.307 e. The molecular formula is C12H19NO2. The molecule has 0 heterocycles. The third kappa shape index (κ3) is 2.71. The van der Waals surface area contributed by atoms with E-state index in [2.05, 4.69) is 26.8 Å². The van der Waals surface area contributed by atoms with Gasteiger partial charge in [0.05, 0.1) is 17.9 Å². The number of nitrogens with zero attached hydrogens (tertiary/aromatic N) is 1. The van der Waals surface area contributed by atoms with Crippen LogP contribution in [0, 0.1) is 34.5 Å². The summed E-state index contributed by atoms with van der Waals surface area (Å²) in [4.78, 5) is 10.9. The van der Waals surface area contributed by atoms with Crippen molar-refractivity contribution in [2.24, 2.45) is 23.2 Å². The average Bonchev–Trinajstić information content (AvgIpc) is 2.15. The van der Waals surface area contributed by atoms with E-state index in [1.807, 2.05) is 0 Å². The Bertz CT molecular complexity index is 285. The molecule has 3 nitrogen and oxygen atoms in total. The molecule has 84 valence electrons. The molecule has 1 saturated carbocycles. The Labute approximate surface area is 91.1 Å². The minimum absolute atomic E-state index is 0.179. The Kier molecular flexibility index (Phi) is 3.38. The maximum atomic E-state index is 10.9. The molecule has 0 radical (unpaired) electrons. The van der Waals surface area contributed by atoms with Gasteiger partial charge in [0.15, 0.2) is 0 Å². The number of carboxylic acids is 1. The number of carbonyl (C=O) groups is 1. The van der Waals surface area contributed by atoms with Gasteiger partial charge in [0, 0.05) is 0 Å². The average molecular weight is 209 g/mol. The molecule has 0 spiro atoms. The van der Waals surface area contributed by atoms with E-state index in [0.717, 1.165) is 12.8 Å². The molecule has 0 aromatic rings. The third-order valence-corrected chi connectivity index (χ3v) is 3.56. The Morgan fingerprint density at radius 1 is 1.40 bits per heavy atom. The van der Waals surface area contributed by atoms with Crippen LogP contribution in [0.2, 0.25) is 0 Å². The standard InChI is InChI=1S/C12H19NO2/c1-12(2,3)9-4-5-10(11(14)15)8(6-9)7-13/h8-10H,4-6H2,1-3H3,(H,14,15). The summed E-state index contributed by atoms with van der Waals surface area (Å²) < 4.78 is 0. The van der Waals surface area contributed by atoms with Crippen LogP contribution in [0.5, 0.6) is 0 Å². The van der Waals surface area contributed by atoms with Gasteiger partial charge in [-0.25, -0.2) is 0 Å². The molecule has 0 bridgehead atoms. The largest absolute Gasteiger partial charge is 0.481 e. The van der Waals surface area contributed by atoms with Gasteiger partial charge in [-0.2, -0.15) is 5.26 Å². The van der Waals surface area contributed by atoms with E-state index in [-0.39, 0.29) is 11.3 Å². The smallest absolute Gasteiger partial charge is 0.307 e. The lowest BCUT2D eigenvalue weighted by molar-refractivity contribution is -0.144. The van der Waals surface area contributed by atoms with Gasteiger partial charge in [-0.05, 0) is 30.6 Å². The molecule has 1 aliphatic carbocycles. The Balaban J connectivity index is 2.72. The summed E-state index contributed by atoms with van der Waals surface area (Å²) in [7, 11) is 0. The predicted molar refractivity (Wildman–Crippen MR) is 57.0 cm³/mol. The van der Waals surface area contributed by atoms with E-state index < -0.39 is 11.9 Å². The van der Waals surface area contributed by atoms with Crippen molar-refractivity contribution >= 4 is 5.97 Å². The molecule has 1 fully saturated rings. The monoisotopic (exact) mass is 209 g/mol. The second-order valence-electron chi connectivity index (χ2n) is 5.56. The van der Waals surface area contributed by atoms with E-state index in [1.165, 1.54) is 0 Å². The van der Waals surface area contributed by atoms with Crippen molar-refractivity contribution in [1.82, 2.24) is 0 Å². The van der Waals surface area contributed by atoms with Gasteiger partial charge in [0.1, 0.15) is 0 Å². The summed E-state index contributed by atoms with van der Waals surface area (Å²) in [5.74, 6) is -1.10. The van der Waals surface area contributed by atoms with Crippen LogP contribution >= 0.6 is 0 Å². The zero-order valence-corrected chi connectivity index (χ0v) is 9.66. The molecular weight excluding hydrogens is 190 g/mol. The van der Waals surface area contributed by atoms with Crippen molar-refractivity contribution in [3.8, 4) is 6.07 Å². The summed E-state index contributed by atoms with van der Waals surface area (Å²) in [5, 5.41) is 18.0. The van der Waals surface area contributed by atoms with E-state index in [9.17, 15) is 4.79 Å². The third-order valence-electron chi connectivity index (χ3n) is 3.56. The second-order valence-corrected chi connectivity index (χ2v) is 5.56. The van der Waals surface area contributed by atoms with Crippen molar-refractivity contribution in [2.45, 2.75) is 40.0 Å². The molecule has 3 heteroatoms. The minimum atomic E-state index is -0.811. The highest BCUT2D eigenvalue weighted by Gasteiger charge is 2.38. The second kappa shape index (κ2) is 4.22. The highest BCUT2D eigenvalue weighted by molar-refractivity contribution is 5.71. The van der Waals surface area contributed by atoms with Crippen molar-refractivity contribution < 1.29 is 9.90 Å². The first-order valence-electron chi connectivity index (χ1n) is 5.48. The van der Waals surface area contributed by atoms with E-state index in [0.29, 0.717) is 12.3 Å². The van der Waals surface area contributed by atoms with Crippen LogP contribution in [0.4, 0.5) is 0 Å². The van der Waals surface area contributed by atoms with Crippen LogP contribution < -0.4 is 0 Å². The van der Waals surface area contributed by atoms with Crippen LogP contribution in [0.25, 0.3) is 0 Å². The molecule has 0 aromatic heterocycles. The molecule has 0 amide bonds. The highest BCUT2D eigenvalue weighted by atomic mass is 16.4. The number of hydrogen-bond donors (Lipinski definition) is 1. The van der Waals surface area contributed by atoms with Crippen LogP contribution in [0.3, 0.4) is 0 Å². The minimum Gasteiger partial charge on any atom is -0.481 e. The topological polar surface area (TPSA) is 61.1 Å². The maximum absolute atomic E-state index is 10.9. The van der Waals surface area contributed by atoms with Crippen LogP contribution in [0.15, 0.2) is 0 Å². The van der Waals surface area contributed by atoms with Gasteiger partial charge >= 0.3 is 5.97 Å². The van der Waals surface area contributed by atoms with Gasteiger partial charge in [0.25, 0.3) is 0 Å². The zero-order chi connectivity index (χ0) is 11.6. The molecule has 1 aliphatic rings. The predicted octanol–water partition coefficient (Wildman–Crippen LogP) is 2.67. The van der Waals surface area contributed by atoms with Crippen molar-refractivity contribution in [2.75, 3.05) is 0 Å². The quantitative estimate of drug-likeness (QED) is 0.722. The van der Waals surface area contributed by atoms with Crippen molar-refractivity contribution in [1.29, 1.82) is 5.26 Å². The van der Waals surface area contributed by atoms with Crippen LogP contribution in [0.1, 0.15) is 40.0 Å². The van der Waals surface area contributed by atoms with E-state index in [1.54, 1.807) is 0 Å². The van der Waals surface area contributed by atoms with Crippen LogP contribution in [-0.4, -0.2) is 11.1 Å². The fourth-order valence-electron chi connectivity index (χ4n) is 2.40. The van der Waals surface area contributed by atoms with Crippen molar-refractivity contribution in [3.63, 3.8) is 0 Å². The Hall–Kier alpha value is -1.04. The number of nitriles is 1. The van der Waals surface area contributed by atoms with Crippen LogP contribution in [-0.2, 0) is 4.79 Å². The lowest BCUT2D eigenvalue weighted by Crippen LogP contribution is -2.34. The lowest BCUT2D eigenvalue weighted by atomic mass is 9.66. The molecule has 1 rings (SSSR count). The molecule has 3 atom stereocenters. The zero-order valence-electron chi connectivity index (χ0n) is 9.66. The van der Waals surface area contributed by atoms with E-state index in [4.69, 9.17) is 10.4 Å². The molecule has 0 aliphatic heterocycles. The SMILES string of the molecule is CC(C)(C)C1CCC(C(=O)O)C(C#N)C1. The van der Waals surface area contributed by atoms with Gasteiger partial charge in [0.2, 0.25) is 0 Å². The number of aliphatic carboxylic acids is 1. The number of rotatable bonds is 1. The fourth-order valence-corrected chi connectivity index (χ4v) is 2.40. The molecule has 3 unspecified atom stereocenters. The molecule has 0 saturated heterocycles. The van der Waals surface area contributed by atoms with Gasteiger partial charge in [-0.1, -0.05) is 20.8 Å². The normalized spacial score (nSPS) is 32.0. The summed E-state index contributed by atoms with van der Waals surface area (Å²) in [6, 6.07) is 2.16. The summed E-state index contributed by atoms with van der Waals surface area (Å²) in [6.45, 7) is 6.48. The van der Waals surface area contributed by atoms with Crippen molar-refractivity contribution in [3.05, 3.63) is 0 Å². The van der Waals surface area contributed by atoms with Gasteiger partial charge in [-0.3, -0.25) is 4.79 Å². The first-order chi connectivity index (χ1) is 6.86. The lowest BCUT2D eigenvalue weighted by Gasteiger charge is -2.38. The summed E-state index contributed by atoms with van der Waals surface area (Å²) >= 11 is 0. The van der Waals surface area contributed by atoms with E-state index >= 15 is 0 Å². The Morgan fingerprint density at radius 2 is 2.00 bits per heavy atom. The summed E-state index contributed by atoms with van der Waals surface area (Å²) in [6.07, 6.45) is 2.31. The molecule has 15 heavy (non-hydrogen) atoms. The summed E-state index contributed by atoms with van der Waals surface area (Å²) in [5.41, 5.74) is 0.179. The fraction of sp³-hybridized carbons (Fsp3) is 0.833. The number of carboxylic acid groups (broad SMARTS) is 1. The molecule has 1 N–H and O–H groups in total. The first kappa shape index (κ1) is 12.0. The molecule has 0 aromatic carbocycles. The Morgan fingerprint density at radius 3 is 2.40 bits per heavy atom. The van der Waals surface area contributed by atoms with Gasteiger partial charge in [-0.15, -0.1) is 0 Å². The number of hydrogen-bond acceptors (Lipinski definition) is 2. The highest BCUT2D eigenvalue weighted by Crippen LogP contribution is 2.42. The first-order valence-corrected chi connectivity index (χ1v) is 5.48.